The summed E-state index contributed by atoms with van der Waals surface area (Å²) in [6.07, 6.45) is -4.22. The van der Waals surface area contributed by atoms with Crippen molar-refractivity contribution in [3.8, 4) is 17.3 Å². The number of hydrogen-bond acceptors (Lipinski definition) is 7. The maximum Gasteiger partial charge on any atom is 0.417 e. The maximum absolute atomic E-state index is 13.0. The highest BCUT2D eigenvalue weighted by molar-refractivity contribution is 7.91. The van der Waals surface area contributed by atoms with Crippen molar-refractivity contribution in [1.82, 2.24) is 15.2 Å². The van der Waals surface area contributed by atoms with Crippen LogP contribution in [0.25, 0.3) is 11.6 Å². The summed E-state index contributed by atoms with van der Waals surface area (Å²) in [7, 11) is -4.03. The topological polar surface area (TPSA) is 95.2 Å². The van der Waals surface area contributed by atoms with E-state index in [2.05, 4.69) is 15.2 Å². The minimum absolute atomic E-state index is 0.0143. The second kappa shape index (κ2) is 7.58. The van der Waals surface area contributed by atoms with Gasteiger partial charge in [-0.25, -0.2) is 13.4 Å². The molecule has 2 aromatic heterocycles. The molecule has 0 aliphatic rings. The molecule has 0 fully saturated rings. The number of alkyl halides is 3. The van der Waals surface area contributed by atoms with Crippen molar-refractivity contribution in [3.63, 3.8) is 0 Å². The van der Waals surface area contributed by atoms with Gasteiger partial charge in [-0.3, -0.25) is 0 Å². The van der Waals surface area contributed by atoms with Crippen LogP contribution >= 0.6 is 0 Å². The molecular weight excluding hydrogens is 399 g/mol. The van der Waals surface area contributed by atoms with Gasteiger partial charge < -0.3 is 9.15 Å². The van der Waals surface area contributed by atoms with Gasteiger partial charge in [0, 0.05) is 6.20 Å². The zero-order chi connectivity index (χ0) is 20.4. The Hall–Kier alpha value is -2.95. The summed E-state index contributed by atoms with van der Waals surface area (Å²) in [5, 5.41) is 7.42. The highest BCUT2D eigenvalue weighted by Gasteiger charge is 2.34. The number of nitrogens with zero attached hydrogens (tertiary/aromatic N) is 3. The van der Waals surface area contributed by atoms with Crippen molar-refractivity contribution in [2.24, 2.45) is 0 Å². The fourth-order valence-corrected chi connectivity index (χ4v) is 3.27. The average molecular weight is 413 g/mol. The standard InChI is InChI=1S/C17H14F3N3O4S/c1-2-28(24,25)13-8-11(17(18,19)20)9-21-15(13)16-23-22-14(27-16)10-26-12-6-4-3-5-7-12/h3-9H,2,10H2,1H3. The molecule has 0 spiro atoms. The maximum atomic E-state index is 13.0. The van der Waals surface area contributed by atoms with Crippen LogP contribution < -0.4 is 4.74 Å². The lowest BCUT2D eigenvalue weighted by Crippen LogP contribution is -2.12. The van der Waals surface area contributed by atoms with Gasteiger partial charge in [-0.1, -0.05) is 25.1 Å². The third kappa shape index (κ3) is 4.30. The molecule has 0 atom stereocenters. The molecule has 148 valence electrons. The van der Waals surface area contributed by atoms with Crippen molar-refractivity contribution in [2.75, 3.05) is 5.75 Å². The molecule has 1 aromatic carbocycles. The van der Waals surface area contributed by atoms with Crippen LogP contribution in [0.2, 0.25) is 0 Å². The molecule has 0 aliphatic carbocycles. The molecule has 3 rings (SSSR count). The van der Waals surface area contributed by atoms with E-state index in [0.717, 1.165) is 0 Å². The summed E-state index contributed by atoms with van der Waals surface area (Å²) >= 11 is 0. The summed E-state index contributed by atoms with van der Waals surface area (Å²) < 4.78 is 74.2. The van der Waals surface area contributed by atoms with E-state index in [1.54, 1.807) is 24.3 Å². The van der Waals surface area contributed by atoms with E-state index in [1.165, 1.54) is 6.92 Å². The van der Waals surface area contributed by atoms with Crippen LogP contribution in [-0.4, -0.2) is 29.4 Å². The number of benzene rings is 1. The molecule has 7 nitrogen and oxygen atoms in total. The van der Waals surface area contributed by atoms with E-state index in [0.29, 0.717) is 18.0 Å². The normalized spacial score (nSPS) is 12.1. The summed E-state index contributed by atoms with van der Waals surface area (Å²) in [6.45, 7) is 1.21. The molecule has 3 aromatic rings. The summed E-state index contributed by atoms with van der Waals surface area (Å²) in [5.74, 6) is -0.168. The minimum Gasteiger partial charge on any atom is -0.484 e. The van der Waals surface area contributed by atoms with Crippen LogP contribution in [0.1, 0.15) is 18.4 Å². The highest BCUT2D eigenvalue weighted by Crippen LogP contribution is 2.33. The third-order valence-corrected chi connectivity index (χ3v) is 5.41. The van der Waals surface area contributed by atoms with Crippen LogP contribution in [0, 0.1) is 0 Å². The second-order valence-corrected chi connectivity index (χ2v) is 7.82. The predicted octanol–water partition coefficient (Wildman–Crippen LogP) is 3.52. The third-order valence-electron chi connectivity index (χ3n) is 3.67. The number of sulfone groups is 1. The van der Waals surface area contributed by atoms with Gasteiger partial charge in [-0.15, -0.1) is 10.2 Å². The lowest BCUT2D eigenvalue weighted by atomic mass is 10.2. The Morgan fingerprint density at radius 2 is 1.86 bits per heavy atom. The van der Waals surface area contributed by atoms with Crippen LogP contribution in [0.5, 0.6) is 5.75 Å². The van der Waals surface area contributed by atoms with E-state index in [9.17, 15) is 21.6 Å². The average Bonchev–Trinajstić information content (AvgIpc) is 3.15. The molecular formula is C17H14F3N3O4S. The largest absolute Gasteiger partial charge is 0.484 e. The smallest absolute Gasteiger partial charge is 0.417 e. The molecule has 0 aliphatic heterocycles. The number of halogens is 3. The fourth-order valence-electron chi connectivity index (χ4n) is 2.22. The Bertz CT molecular complexity index is 1070. The van der Waals surface area contributed by atoms with Gasteiger partial charge in [0.1, 0.15) is 11.4 Å². The van der Waals surface area contributed by atoms with Crippen LogP contribution in [0.4, 0.5) is 13.2 Å². The molecule has 0 amide bonds. The van der Waals surface area contributed by atoms with E-state index in [1.807, 2.05) is 6.07 Å². The molecule has 0 saturated heterocycles. The Morgan fingerprint density at radius 3 is 2.50 bits per heavy atom. The molecule has 0 bridgehead atoms. The lowest BCUT2D eigenvalue weighted by Gasteiger charge is -2.10. The van der Waals surface area contributed by atoms with Gasteiger partial charge in [-0.05, 0) is 18.2 Å². The molecule has 0 N–H and O–H groups in total. The molecule has 0 saturated carbocycles. The first-order valence-electron chi connectivity index (χ1n) is 8.01. The van der Waals surface area contributed by atoms with E-state index >= 15 is 0 Å². The number of pyridine rings is 1. The highest BCUT2D eigenvalue weighted by atomic mass is 32.2. The van der Waals surface area contributed by atoms with Crippen LogP contribution in [0.15, 0.2) is 51.9 Å². The monoisotopic (exact) mass is 413 g/mol. The Balaban J connectivity index is 1.94. The van der Waals surface area contributed by atoms with E-state index in [-0.39, 0.29) is 24.1 Å². The zero-order valence-corrected chi connectivity index (χ0v) is 15.3. The first kappa shape index (κ1) is 19.8. The van der Waals surface area contributed by atoms with Gasteiger partial charge in [0.15, 0.2) is 16.4 Å². The number of ether oxygens (including phenoxy) is 1. The molecule has 28 heavy (non-hydrogen) atoms. The second-order valence-electron chi connectivity index (χ2n) is 5.57. The number of para-hydroxylation sites is 1. The Kier molecular flexibility index (Phi) is 5.36. The van der Waals surface area contributed by atoms with Crippen molar-refractivity contribution >= 4 is 9.84 Å². The lowest BCUT2D eigenvalue weighted by molar-refractivity contribution is -0.138. The van der Waals surface area contributed by atoms with Crippen molar-refractivity contribution in [3.05, 3.63) is 54.0 Å². The van der Waals surface area contributed by atoms with Gasteiger partial charge >= 0.3 is 6.18 Å². The minimum atomic E-state index is -4.74. The molecule has 0 unspecified atom stereocenters. The van der Waals surface area contributed by atoms with Crippen molar-refractivity contribution in [1.29, 1.82) is 0 Å². The zero-order valence-electron chi connectivity index (χ0n) is 14.5. The van der Waals surface area contributed by atoms with Gasteiger partial charge in [0.2, 0.25) is 0 Å². The summed E-state index contributed by atoms with van der Waals surface area (Å²) in [4.78, 5) is 3.00. The molecule has 11 heteroatoms. The first-order valence-corrected chi connectivity index (χ1v) is 9.66. The van der Waals surface area contributed by atoms with E-state index < -0.39 is 32.2 Å². The van der Waals surface area contributed by atoms with E-state index in [4.69, 9.17) is 9.15 Å². The fraction of sp³-hybridized carbons (Fsp3) is 0.235. The Morgan fingerprint density at radius 1 is 1.14 bits per heavy atom. The van der Waals surface area contributed by atoms with Crippen LogP contribution in [-0.2, 0) is 22.6 Å². The van der Waals surface area contributed by atoms with Gasteiger partial charge in [0.05, 0.1) is 16.2 Å². The Labute approximate surface area is 158 Å². The van der Waals surface area contributed by atoms with Gasteiger partial charge in [-0.2, -0.15) is 13.2 Å². The summed E-state index contributed by atoms with van der Waals surface area (Å²) in [5.41, 5.74) is -1.52. The SMILES string of the molecule is CCS(=O)(=O)c1cc(C(F)(F)F)cnc1-c1nnc(COc2ccccc2)o1. The number of rotatable bonds is 6. The van der Waals surface area contributed by atoms with Crippen molar-refractivity contribution in [2.45, 2.75) is 24.6 Å². The van der Waals surface area contributed by atoms with Gasteiger partial charge in [0.25, 0.3) is 11.8 Å². The summed E-state index contributed by atoms with van der Waals surface area (Å²) in [6, 6.07) is 9.28. The molecule has 0 radical (unpaired) electrons. The number of aromatic nitrogens is 3. The number of hydrogen-bond donors (Lipinski definition) is 0. The van der Waals surface area contributed by atoms with Crippen LogP contribution in [0.3, 0.4) is 0 Å². The van der Waals surface area contributed by atoms with Crippen molar-refractivity contribution < 1.29 is 30.7 Å². The predicted molar refractivity (Wildman–Crippen MR) is 91.0 cm³/mol. The quantitative estimate of drug-likeness (QED) is 0.610. The molecule has 2 heterocycles. The first-order chi connectivity index (χ1) is 13.2.